The molecule has 158 valence electrons. The van der Waals surface area contributed by atoms with Crippen LogP contribution in [0.4, 0.5) is 0 Å². The van der Waals surface area contributed by atoms with Crippen LogP contribution in [0.1, 0.15) is 32.6 Å². The summed E-state index contributed by atoms with van der Waals surface area (Å²) in [7, 11) is 0. The molecular weight excluding hydrogens is 410 g/mol. The standard InChI is InChI=1S/C28H19N3O2/c1-18-5-4-6-22(15-18)26-16-21(14-11-19-9-12-20(13-10-19)28(32)33)23(17-29)27-30-24-7-2-3-8-25(24)31(26)27/h2-16H,1H3,(H,32,33)/b14-11+. The van der Waals surface area contributed by atoms with Crippen molar-refractivity contribution >= 4 is 34.8 Å². The lowest BCUT2D eigenvalue weighted by Gasteiger charge is -2.11. The first-order valence-electron chi connectivity index (χ1n) is 10.5. The van der Waals surface area contributed by atoms with Crippen LogP contribution in [0.25, 0.3) is 40.1 Å². The maximum atomic E-state index is 11.1. The molecule has 5 rings (SSSR count). The molecule has 2 aromatic heterocycles. The number of hydrogen-bond donors (Lipinski definition) is 1. The molecule has 33 heavy (non-hydrogen) atoms. The zero-order valence-corrected chi connectivity index (χ0v) is 17.9. The molecule has 0 aliphatic rings. The smallest absolute Gasteiger partial charge is 0.335 e. The summed E-state index contributed by atoms with van der Waals surface area (Å²) in [6.07, 6.45) is 3.76. The number of aromatic carboxylic acids is 1. The van der Waals surface area contributed by atoms with Crippen molar-refractivity contribution in [2.45, 2.75) is 6.92 Å². The minimum atomic E-state index is -0.961. The van der Waals surface area contributed by atoms with E-state index in [1.54, 1.807) is 24.3 Å². The lowest BCUT2D eigenvalue weighted by atomic mass is 10.0. The number of carbonyl (C=O) groups is 1. The van der Waals surface area contributed by atoms with Crippen LogP contribution in [0.3, 0.4) is 0 Å². The number of imidazole rings is 1. The number of rotatable bonds is 4. The van der Waals surface area contributed by atoms with Gasteiger partial charge >= 0.3 is 5.97 Å². The Kier molecular flexibility index (Phi) is 4.96. The second kappa shape index (κ2) is 8.10. The Bertz CT molecular complexity index is 1600. The Morgan fingerprint density at radius 2 is 1.79 bits per heavy atom. The van der Waals surface area contributed by atoms with E-state index in [9.17, 15) is 10.1 Å². The molecule has 0 unspecified atom stereocenters. The molecule has 0 atom stereocenters. The molecular formula is C28H19N3O2. The van der Waals surface area contributed by atoms with E-state index in [-0.39, 0.29) is 5.56 Å². The van der Waals surface area contributed by atoms with E-state index in [1.807, 2.05) is 53.0 Å². The summed E-state index contributed by atoms with van der Waals surface area (Å²) in [6.45, 7) is 2.05. The van der Waals surface area contributed by atoms with Gasteiger partial charge in [0, 0.05) is 0 Å². The summed E-state index contributed by atoms with van der Waals surface area (Å²) in [6, 6.07) is 27.1. The molecule has 5 heteroatoms. The van der Waals surface area contributed by atoms with Gasteiger partial charge in [-0.2, -0.15) is 5.26 Å². The molecule has 0 spiro atoms. The number of benzene rings is 3. The van der Waals surface area contributed by atoms with E-state index in [0.29, 0.717) is 11.2 Å². The molecule has 0 saturated carbocycles. The Morgan fingerprint density at radius 1 is 1.00 bits per heavy atom. The van der Waals surface area contributed by atoms with Gasteiger partial charge < -0.3 is 5.11 Å². The molecule has 5 nitrogen and oxygen atoms in total. The van der Waals surface area contributed by atoms with Crippen LogP contribution in [0, 0.1) is 18.3 Å². The number of fused-ring (bicyclic) bond motifs is 3. The second-order valence-corrected chi connectivity index (χ2v) is 7.86. The van der Waals surface area contributed by atoms with E-state index < -0.39 is 5.97 Å². The third-order valence-corrected chi connectivity index (χ3v) is 5.64. The number of carboxylic acid groups (broad SMARTS) is 1. The fourth-order valence-electron chi connectivity index (χ4n) is 4.04. The third kappa shape index (κ3) is 3.64. The Morgan fingerprint density at radius 3 is 2.52 bits per heavy atom. The zero-order valence-electron chi connectivity index (χ0n) is 17.9. The van der Waals surface area contributed by atoms with Crippen molar-refractivity contribution in [2.24, 2.45) is 0 Å². The van der Waals surface area contributed by atoms with E-state index in [4.69, 9.17) is 10.1 Å². The van der Waals surface area contributed by atoms with Crippen molar-refractivity contribution in [1.82, 2.24) is 9.38 Å². The predicted molar refractivity (Wildman–Crippen MR) is 130 cm³/mol. The van der Waals surface area contributed by atoms with Gasteiger partial charge in [-0.15, -0.1) is 0 Å². The van der Waals surface area contributed by atoms with Crippen LogP contribution >= 0.6 is 0 Å². The van der Waals surface area contributed by atoms with Crippen LogP contribution in [-0.4, -0.2) is 20.5 Å². The topological polar surface area (TPSA) is 78.4 Å². The molecule has 0 aliphatic carbocycles. The van der Waals surface area contributed by atoms with Gasteiger partial charge in [0.1, 0.15) is 11.6 Å². The van der Waals surface area contributed by atoms with Crippen molar-refractivity contribution in [1.29, 1.82) is 5.26 Å². The fraction of sp³-hybridized carbons (Fsp3) is 0.0357. The number of aromatic nitrogens is 2. The average Bonchev–Trinajstić information content (AvgIpc) is 3.21. The molecule has 0 radical (unpaired) electrons. The number of aryl methyl sites for hydroxylation is 1. The van der Waals surface area contributed by atoms with Gasteiger partial charge in [-0.05, 0) is 60.0 Å². The third-order valence-electron chi connectivity index (χ3n) is 5.64. The Balaban J connectivity index is 1.74. The normalized spacial score (nSPS) is 11.3. The average molecular weight is 429 g/mol. The van der Waals surface area contributed by atoms with E-state index in [1.165, 1.54) is 0 Å². The predicted octanol–water partition coefficient (Wildman–Crippen LogP) is 6.20. The first-order valence-corrected chi connectivity index (χ1v) is 10.5. The highest BCUT2D eigenvalue weighted by Gasteiger charge is 2.17. The van der Waals surface area contributed by atoms with Crippen LogP contribution in [0.2, 0.25) is 0 Å². The van der Waals surface area contributed by atoms with Crippen LogP contribution in [-0.2, 0) is 0 Å². The van der Waals surface area contributed by atoms with Crippen molar-refractivity contribution in [3.63, 3.8) is 0 Å². The van der Waals surface area contributed by atoms with E-state index >= 15 is 0 Å². The lowest BCUT2D eigenvalue weighted by molar-refractivity contribution is 0.0697. The first kappa shape index (κ1) is 20.2. The highest BCUT2D eigenvalue weighted by molar-refractivity contribution is 5.90. The first-order chi connectivity index (χ1) is 16.0. The summed E-state index contributed by atoms with van der Waals surface area (Å²) < 4.78 is 2.04. The monoisotopic (exact) mass is 429 g/mol. The number of para-hydroxylation sites is 2. The highest BCUT2D eigenvalue weighted by Crippen LogP contribution is 2.31. The fourth-order valence-corrected chi connectivity index (χ4v) is 4.04. The molecule has 0 fully saturated rings. The quantitative estimate of drug-likeness (QED) is 0.369. The molecule has 0 bridgehead atoms. The SMILES string of the molecule is Cc1cccc(-c2cc(/C=C/c3ccc(C(=O)O)cc3)c(C#N)c3nc4ccccc4n23)c1. The van der Waals surface area contributed by atoms with Gasteiger partial charge in [-0.3, -0.25) is 4.40 Å². The second-order valence-electron chi connectivity index (χ2n) is 7.86. The summed E-state index contributed by atoms with van der Waals surface area (Å²) in [5.74, 6) is -0.961. The zero-order chi connectivity index (χ0) is 22.9. The van der Waals surface area contributed by atoms with Gasteiger partial charge in [0.25, 0.3) is 0 Å². The van der Waals surface area contributed by atoms with Crippen molar-refractivity contribution in [3.05, 3.63) is 107 Å². The molecule has 3 aromatic carbocycles. The minimum absolute atomic E-state index is 0.233. The van der Waals surface area contributed by atoms with E-state index in [0.717, 1.165) is 39.0 Å². The van der Waals surface area contributed by atoms with Crippen molar-refractivity contribution in [3.8, 4) is 17.3 Å². The van der Waals surface area contributed by atoms with E-state index in [2.05, 4.69) is 31.2 Å². The van der Waals surface area contributed by atoms with Crippen molar-refractivity contribution in [2.75, 3.05) is 0 Å². The Hall–Kier alpha value is -4.69. The minimum Gasteiger partial charge on any atom is -0.478 e. The molecule has 0 amide bonds. The molecule has 0 saturated heterocycles. The number of nitriles is 1. The van der Waals surface area contributed by atoms with Gasteiger partial charge in [-0.25, -0.2) is 9.78 Å². The number of carboxylic acids is 1. The molecule has 1 N–H and O–H groups in total. The molecule has 5 aromatic rings. The number of pyridine rings is 1. The maximum Gasteiger partial charge on any atom is 0.335 e. The summed E-state index contributed by atoms with van der Waals surface area (Å²) >= 11 is 0. The summed E-state index contributed by atoms with van der Waals surface area (Å²) in [5, 5.41) is 19.1. The van der Waals surface area contributed by atoms with Gasteiger partial charge in [0.15, 0.2) is 5.65 Å². The molecule has 2 heterocycles. The largest absolute Gasteiger partial charge is 0.478 e. The van der Waals surface area contributed by atoms with Gasteiger partial charge in [-0.1, -0.05) is 60.2 Å². The summed E-state index contributed by atoms with van der Waals surface area (Å²) in [5.41, 5.74) is 7.82. The van der Waals surface area contributed by atoms with Crippen molar-refractivity contribution < 1.29 is 9.90 Å². The van der Waals surface area contributed by atoms with Crippen LogP contribution < -0.4 is 0 Å². The van der Waals surface area contributed by atoms with Gasteiger partial charge in [0.2, 0.25) is 0 Å². The van der Waals surface area contributed by atoms with Crippen LogP contribution in [0.5, 0.6) is 0 Å². The highest BCUT2D eigenvalue weighted by atomic mass is 16.4. The lowest BCUT2D eigenvalue weighted by Crippen LogP contribution is -1.98. The Labute approximate surface area is 190 Å². The summed E-state index contributed by atoms with van der Waals surface area (Å²) in [4.78, 5) is 15.9. The van der Waals surface area contributed by atoms with Gasteiger partial charge in [0.05, 0.1) is 22.3 Å². The number of hydrogen-bond acceptors (Lipinski definition) is 3. The maximum absolute atomic E-state index is 11.1. The number of nitrogens with zero attached hydrogens (tertiary/aromatic N) is 3. The van der Waals surface area contributed by atoms with Crippen LogP contribution in [0.15, 0.2) is 78.9 Å². The molecule has 0 aliphatic heterocycles.